The number of nitrogens with one attached hydrogen (secondary N) is 1. The number of hydrogen-bond acceptors (Lipinski definition) is 3. The van der Waals surface area contributed by atoms with Gasteiger partial charge in [-0.25, -0.2) is 22.3 Å². The summed E-state index contributed by atoms with van der Waals surface area (Å²) in [7, 11) is -3.99. The van der Waals surface area contributed by atoms with Gasteiger partial charge in [-0.15, -0.1) is 0 Å². The summed E-state index contributed by atoms with van der Waals surface area (Å²) < 4.78 is 52.7. The van der Waals surface area contributed by atoms with Gasteiger partial charge in [0.05, 0.1) is 17.4 Å². The van der Waals surface area contributed by atoms with Crippen molar-refractivity contribution in [1.29, 1.82) is 0 Å². The Morgan fingerprint density at radius 1 is 1.19 bits per heavy atom. The van der Waals surface area contributed by atoms with Crippen LogP contribution < -0.4 is 10.7 Å². The van der Waals surface area contributed by atoms with Crippen molar-refractivity contribution in [2.75, 3.05) is 0 Å². The van der Waals surface area contributed by atoms with E-state index < -0.39 is 37.9 Å². The second kappa shape index (κ2) is 7.44. The zero-order valence-corrected chi connectivity index (χ0v) is 17.8. The molecule has 1 aliphatic rings. The topological polar surface area (TPSA) is 97.9 Å². The molecule has 0 radical (unpaired) electrons. The molecule has 0 bridgehead atoms. The van der Waals surface area contributed by atoms with Crippen molar-refractivity contribution in [3.8, 4) is 0 Å². The Morgan fingerprint density at radius 2 is 1.94 bits per heavy atom. The molecular formula is C21H18ClF2N3O3S. The molecule has 0 aliphatic heterocycles. The van der Waals surface area contributed by atoms with E-state index in [1.165, 1.54) is 22.9 Å². The van der Waals surface area contributed by atoms with Crippen LogP contribution >= 0.6 is 11.6 Å². The largest absolute Gasteiger partial charge is 0.280 e. The summed E-state index contributed by atoms with van der Waals surface area (Å²) in [5.74, 6) is -1.93. The fourth-order valence-corrected chi connectivity index (χ4v) is 5.54. The van der Waals surface area contributed by atoms with Crippen molar-refractivity contribution in [2.24, 2.45) is 5.14 Å². The Hall–Kier alpha value is -2.75. The van der Waals surface area contributed by atoms with Crippen molar-refractivity contribution in [3.05, 3.63) is 92.8 Å². The third kappa shape index (κ3) is 3.62. The summed E-state index contributed by atoms with van der Waals surface area (Å²) in [5.41, 5.74) is -0.129. The molecule has 3 aromatic rings. The van der Waals surface area contributed by atoms with E-state index in [0.29, 0.717) is 22.0 Å². The molecule has 0 fully saturated rings. The number of nitrogens with zero attached hydrogens (tertiary/aromatic N) is 1. The summed E-state index contributed by atoms with van der Waals surface area (Å²) in [6.07, 6.45) is 4.58. The maximum Gasteiger partial charge on any atom is 0.271 e. The predicted molar refractivity (Wildman–Crippen MR) is 115 cm³/mol. The van der Waals surface area contributed by atoms with Gasteiger partial charge in [-0.1, -0.05) is 35.9 Å². The lowest BCUT2D eigenvalue weighted by Gasteiger charge is -2.36. The van der Waals surface area contributed by atoms with Gasteiger partial charge in [0.2, 0.25) is 10.0 Å². The van der Waals surface area contributed by atoms with Gasteiger partial charge in [0.15, 0.2) is 11.6 Å². The van der Waals surface area contributed by atoms with Crippen molar-refractivity contribution in [1.82, 2.24) is 9.78 Å². The SMILES string of the molecule is CC1(c2ccc3c(c2)c(=O)[nH]n3Cc2ccc(F)c(F)c2)C(Cl)=CC=CC1S(N)(=O)=O. The Bertz CT molecular complexity index is 1430. The fourth-order valence-electron chi connectivity index (χ4n) is 3.95. The highest BCUT2D eigenvalue weighted by Gasteiger charge is 2.45. The summed E-state index contributed by atoms with van der Waals surface area (Å²) >= 11 is 6.42. The summed E-state index contributed by atoms with van der Waals surface area (Å²) in [6, 6.07) is 8.40. The van der Waals surface area contributed by atoms with Crippen LogP contribution in [0.5, 0.6) is 0 Å². The van der Waals surface area contributed by atoms with Gasteiger partial charge in [-0.3, -0.25) is 14.6 Å². The number of halogens is 3. The second-order valence-corrected chi connectivity index (χ2v) is 9.71. The van der Waals surface area contributed by atoms with Gasteiger partial charge >= 0.3 is 0 Å². The van der Waals surface area contributed by atoms with Gasteiger partial charge in [0.25, 0.3) is 5.56 Å². The lowest BCUT2D eigenvalue weighted by molar-refractivity contribution is 0.506. The maximum absolute atomic E-state index is 13.5. The normalized spacial score (nSPS) is 21.5. The van der Waals surface area contributed by atoms with E-state index in [0.717, 1.165) is 12.1 Å². The molecular weight excluding hydrogens is 448 g/mol. The molecule has 10 heteroatoms. The molecule has 6 nitrogen and oxygen atoms in total. The van der Waals surface area contributed by atoms with Crippen molar-refractivity contribution < 1.29 is 17.2 Å². The van der Waals surface area contributed by atoms with Crippen LogP contribution in [0.15, 0.2) is 64.5 Å². The summed E-state index contributed by atoms with van der Waals surface area (Å²) in [6.45, 7) is 1.76. The fraction of sp³-hybridized carbons (Fsp3) is 0.190. The van der Waals surface area contributed by atoms with Crippen LogP contribution in [-0.2, 0) is 22.0 Å². The molecule has 162 valence electrons. The Balaban J connectivity index is 1.81. The summed E-state index contributed by atoms with van der Waals surface area (Å²) in [5, 5.41) is 7.57. The van der Waals surface area contributed by atoms with E-state index >= 15 is 0 Å². The molecule has 3 N–H and O–H groups in total. The van der Waals surface area contributed by atoms with Gasteiger partial charge in [-0.05, 0) is 48.4 Å². The van der Waals surface area contributed by atoms with Crippen LogP contribution in [0.3, 0.4) is 0 Å². The number of nitrogens with two attached hydrogens (primary N) is 1. The van der Waals surface area contributed by atoms with Crippen LogP contribution in [0.4, 0.5) is 8.78 Å². The number of H-pyrrole nitrogens is 1. The van der Waals surface area contributed by atoms with Crippen molar-refractivity contribution in [2.45, 2.75) is 24.1 Å². The second-order valence-electron chi connectivity index (χ2n) is 7.62. The molecule has 4 rings (SSSR count). The van der Waals surface area contributed by atoms with Gasteiger partial charge in [0.1, 0.15) is 5.25 Å². The molecule has 2 aromatic carbocycles. The average Bonchev–Trinajstić information content (AvgIpc) is 3.01. The van der Waals surface area contributed by atoms with Crippen LogP contribution in [-0.4, -0.2) is 23.4 Å². The zero-order chi connectivity index (χ0) is 22.6. The number of benzene rings is 2. The zero-order valence-electron chi connectivity index (χ0n) is 16.3. The highest BCUT2D eigenvalue weighted by Crippen LogP contribution is 2.43. The molecule has 1 heterocycles. The molecule has 0 saturated carbocycles. The first-order valence-corrected chi connectivity index (χ1v) is 11.2. The number of allylic oxidation sites excluding steroid dienone is 3. The number of hydrogen-bond donors (Lipinski definition) is 2. The first-order valence-electron chi connectivity index (χ1n) is 9.25. The number of aromatic nitrogens is 2. The number of fused-ring (bicyclic) bond motifs is 1. The maximum atomic E-state index is 13.5. The Kier molecular flexibility index (Phi) is 5.15. The van der Waals surface area contributed by atoms with E-state index in [9.17, 15) is 22.0 Å². The monoisotopic (exact) mass is 465 g/mol. The van der Waals surface area contributed by atoms with E-state index in [-0.39, 0.29) is 11.6 Å². The molecule has 1 aliphatic carbocycles. The first kappa shape index (κ1) is 21.5. The predicted octanol–water partition coefficient (Wildman–Crippen LogP) is 3.26. The van der Waals surface area contributed by atoms with Gasteiger partial charge < -0.3 is 0 Å². The van der Waals surface area contributed by atoms with Crippen molar-refractivity contribution in [3.63, 3.8) is 0 Å². The number of sulfonamides is 1. The van der Waals surface area contributed by atoms with Gasteiger partial charge in [-0.2, -0.15) is 0 Å². The van der Waals surface area contributed by atoms with E-state index in [4.69, 9.17) is 16.7 Å². The van der Waals surface area contributed by atoms with E-state index in [2.05, 4.69) is 5.10 Å². The third-order valence-corrected chi connectivity index (χ3v) is 7.50. The molecule has 2 atom stereocenters. The van der Waals surface area contributed by atoms with Crippen LogP contribution in [0.1, 0.15) is 18.1 Å². The van der Waals surface area contributed by atoms with E-state index in [1.54, 1.807) is 31.2 Å². The first-order chi connectivity index (χ1) is 14.5. The minimum Gasteiger partial charge on any atom is -0.280 e. The summed E-state index contributed by atoms with van der Waals surface area (Å²) in [4.78, 5) is 12.6. The lowest BCUT2D eigenvalue weighted by atomic mass is 9.76. The highest BCUT2D eigenvalue weighted by atomic mass is 35.5. The standard InChI is InChI=1S/C21H18ClF2N3O3S/c1-21(18(22)3-2-4-19(21)31(25,29)30)13-6-8-17-14(10-13)20(28)26-27(17)11-12-5-7-15(23)16(24)9-12/h2-10,19H,11H2,1H3,(H,26,28)(H2,25,29,30). The van der Waals surface area contributed by atoms with E-state index in [1.807, 2.05) is 0 Å². The van der Waals surface area contributed by atoms with Crippen LogP contribution in [0, 0.1) is 11.6 Å². The Labute approximate surface area is 181 Å². The van der Waals surface area contributed by atoms with Crippen LogP contribution in [0.25, 0.3) is 10.9 Å². The van der Waals surface area contributed by atoms with Crippen molar-refractivity contribution >= 4 is 32.5 Å². The molecule has 31 heavy (non-hydrogen) atoms. The third-order valence-electron chi connectivity index (χ3n) is 5.64. The smallest absolute Gasteiger partial charge is 0.271 e. The highest BCUT2D eigenvalue weighted by molar-refractivity contribution is 7.90. The average molecular weight is 466 g/mol. The lowest BCUT2D eigenvalue weighted by Crippen LogP contribution is -2.45. The quantitative estimate of drug-likeness (QED) is 0.618. The van der Waals surface area contributed by atoms with Gasteiger partial charge in [0, 0.05) is 10.4 Å². The van der Waals surface area contributed by atoms with Crippen LogP contribution in [0.2, 0.25) is 0 Å². The number of aromatic amines is 1. The molecule has 0 saturated heterocycles. The molecule has 0 amide bonds. The minimum atomic E-state index is -3.99. The molecule has 1 aromatic heterocycles. The number of primary sulfonamides is 1. The molecule has 0 spiro atoms. The minimum absolute atomic E-state index is 0.107. The number of rotatable bonds is 4. The molecule has 2 unspecified atom stereocenters. The Morgan fingerprint density at radius 3 is 2.61 bits per heavy atom.